The summed E-state index contributed by atoms with van der Waals surface area (Å²) < 4.78 is 1.67. The van der Waals surface area contributed by atoms with Gasteiger partial charge >= 0.3 is 0 Å². The van der Waals surface area contributed by atoms with Crippen molar-refractivity contribution >= 4 is 23.4 Å². The molecule has 0 radical (unpaired) electrons. The molecule has 0 saturated heterocycles. The van der Waals surface area contributed by atoms with Crippen molar-refractivity contribution in [2.24, 2.45) is 13.0 Å². The topological polar surface area (TPSA) is 81.3 Å². The van der Waals surface area contributed by atoms with Crippen LogP contribution in [0, 0.1) is 16.0 Å². The lowest BCUT2D eigenvalue weighted by Crippen LogP contribution is -2.26. The van der Waals surface area contributed by atoms with Crippen LogP contribution in [-0.2, 0) is 13.6 Å². The molecule has 0 N–H and O–H groups in total. The van der Waals surface area contributed by atoms with Crippen LogP contribution < -0.4 is 0 Å². The Labute approximate surface area is 157 Å². The number of carbonyl (C=O) groups is 1. The Balaban J connectivity index is 2.14. The summed E-state index contributed by atoms with van der Waals surface area (Å²) >= 11 is 1.46. The summed E-state index contributed by atoms with van der Waals surface area (Å²) in [4.78, 5) is 25.7. The Bertz CT molecular complexity index is 788. The van der Waals surface area contributed by atoms with E-state index in [1.807, 2.05) is 13.2 Å². The van der Waals surface area contributed by atoms with Crippen molar-refractivity contribution in [1.82, 2.24) is 14.7 Å². The predicted octanol–water partition coefficient (Wildman–Crippen LogP) is 3.74. The van der Waals surface area contributed by atoms with Gasteiger partial charge in [-0.2, -0.15) is 5.10 Å². The predicted molar refractivity (Wildman–Crippen MR) is 102 cm³/mol. The van der Waals surface area contributed by atoms with Gasteiger partial charge in [-0.1, -0.05) is 13.8 Å². The molecule has 0 fully saturated rings. The van der Waals surface area contributed by atoms with Crippen LogP contribution >= 0.6 is 11.8 Å². The molecule has 0 bridgehead atoms. The number of nitro groups is 1. The standard InChI is InChI=1S/C18H24N4O3S/c1-13(2)7-8-26-17-6-5-15(9-16(17)22(24)25)18(23)20(3)11-14-10-19-21(4)12-14/h5-6,9-10,12-13H,7-8,11H2,1-4H3. The number of amides is 1. The first-order valence-corrected chi connectivity index (χ1v) is 9.40. The molecule has 1 amide bonds. The third-order valence-corrected chi connectivity index (χ3v) is 4.98. The van der Waals surface area contributed by atoms with Crippen LogP contribution in [-0.4, -0.2) is 38.3 Å². The zero-order valence-electron chi connectivity index (χ0n) is 15.5. The van der Waals surface area contributed by atoms with Crippen molar-refractivity contribution in [3.63, 3.8) is 0 Å². The first-order chi connectivity index (χ1) is 12.3. The van der Waals surface area contributed by atoms with Crippen molar-refractivity contribution < 1.29 is 9.72 Å². The van der Waals surface area contributed by atoms with E-state index in [1.54, 1.807) is 30.1 Å². The van der Waals surface area contributed by atoms with Gasteiger partial charge in [0.15, 0.2) is 0 Å². The van der Waals surface area contributed by atoms with Gasteiger partial charge in [-0.3, -0.25) is 19.6 Å². The quantitative estimate of drug-likeness (QED) is 0.398. The van der Waals surface area contributed by atoms with E-state index in [4.69, 9.17) is 0 Å². The molecule has 1 aromatic heterocycles. The largest absolute Gasteiger partial charge is 0.337 e. The minimum absolute atomic E-state index is 0.0145. The molecule has 1 heterocycles. The normalized spacial score (nSPS) is 11.0. The van der Waals surface area contributed by atoms with Gasteiger partial charge in [0.2, 0.25) is 0 Å². The maximum Gasteiger partial charge on any atom is 0.283 e. The fourth-order valence-corrected chi connectivity index (χ4v) is 3.69. The molecule has 26 heavy (non-hydrogen) atoms. The number of aryl methyl sites for hydroxylation is 1. The first kappa shape index (κ1) is 20.0. The molecule has 0 spiro atoms. The lowest BCUT2D eigenvalue weighted by Gasteiger charge is -2.16. The molecule has 0 aliphatic heterocycles. The first-order valence-electron chi connectivity index (χ1n) is 8.42. The van der Waals surface area contributed by atoms with Gasteiger partial charge in [0.25, 0.3) is 11.6 Å². The Morgan fingerprint density at radius 2 is 2.15 bits per heavy atom. The molecule has 7 nitrogen and oxygen atoms in total. The Morgan fingerprint density at radius 1 is 1.42 bits per heavy atom. The van der Waals surface area contributed by atoms with Crippen molar-refractivity contribution in [3.8, 4) is 0 Å². The zero-order chi connectivity index (χ0) is 19.3. The van der Waals surface area contributed by atoms with Gasteiger partial charge in [-0.05, 0) is 30.2 Å². The highest BCUT2D eigenvalue weighted by Gasteiger charge is 2.20. The number of benzene rings is 1. The molecule has 0 unspecified atom stereocenters. The highest BCUT2D eigenvalue weighted by molar-refractivity contribution is 7.99. The fourth-order valence-electron chi connectivity index (χ4n) is 2.44. The second-order valence-corrected chi connectivity index (χ2v) is 7.79. The average molecular weight is 376 g/mol. The Hall–Kier alpha value is -2.35. The average Bonchev–Trinajstić information content (AvgIpc) is 2.98. The fraction of sp³-hybridized carbons (Fsp3) is 0.444. The minimum Gasteiger partial charge on any atom is -0.337 e. The van der Waals surface area contributed by atoms with Gasteiger partial charge < -0.3 is 4.90 Å². The number of carbonyl (C=O) groups excluding carboxylic acids is 1. The van der Waals surface area contributed by atoms with Crippen LogP contribution in [0.2, 0.25) is 0 Å². The molecule has 0 aliphatic rings. The van der Waals surface area contributed by atoms with Crippen molar-refractivity contribution in [2.45, 2.75) is 31.7 Å². The third-order valence-electron chi connectivity index (χ3n) is 3.88. The van der Waals surface area contributed by atoms with Gasteiger partial charge in [0, 0.05) is 44.0 Å². The lowest BCUT2D eigenvalue weighted by molar-refractivity contribution is -0.387. The maximum absolute atomic E-state index is 12.6. The van der Waals surface area contributed by atoms with Crippen molar-refractivity contribution in [1.29, 1.82) is 0 Å². The van der Waals surface area contributed by atoms with E-state index < -0.39 is 4.92 Å². The number of rotatable bonds is 8. The number of nitrogens with zero attached hydrogens (tertiary/aromatic N) is 4. The molecule has 0 saturated carbocycles. The van der Waals surface area contributed by atoms with E-state index in [9.17, 15) is 14.9 Å². The highest BCUT2D eigenvalue weighted by Crippen LogP contribution is 2.31. The Morgan fingerprint density at radius 3 is 2.73 bits per heavy atom. The Kier molecular flexibility index (Phi) is 6.79. The zero-order valence-corrected chi connectivity index (χ0v) is 16.3. The molecule has 0 aliphatic carbocycles. The number of hydrogen-bond donors (Lipinski definition) is 0. The van der Waals surface area contributed by atoms with Crippen LogP contribution in [0.15, 0.2) is 35.5 Å². The number of thioether (sulfide) groups is 1. The number of aromatic nitrogens is 2. The summed E-state index contributed by atoms with van der Waals surface area (Å²) in [5, 5.41) is 15.5. The maximum atomic E-state index is 12.6. The van der Waals surface area contributed by atoms with E-state index >= 15 is 0 Å². The number of hydrogen-bond acceptors (Lipinski definition) is 5. The van der Waals surface area contributed by atoms with E-state index in [2.05, 4.69) is 18.9 Å². The lowest BCUT2D eigenvalue weighted by atomic mass is 10.1. The summed E-state index contributed by atoms with van der Waals surface area (Å²) in [5.41, 5.74) is 1.20. The summed E-state index contributed by atoms with van der Waals surface area (Å²) in [7, 11) is 3.48. The molecule has 0 atom stereocenters. The van der Waals surface area contributed by atoms with Gasteiger partial charge in [-0.15, -0.1) is 11.8 Å². The van der Waals surface area contributed by atoms with Gasteiger partial charge in [0.05, 0.1) is 16.0 Å². The van der Waals surface area contributed by atoms with Crippen molar-refractivity contribution in [2.75, 3.05) is 12.8 Å². The van der Waals surface area contributed by atoms with E-state index in [0.29, 0.717) is 22.9 Å². The highest BCUT2D eigenvalue weighted by atomic mass is 32.2. The second kappa shape index (κ2) is 8.84. The van der Waals surface area contributed by atoms with Crippen LogP contribution in [0.25, 0.3) is 0 Å². The molecular weight excluding hydrogens is 352 g/mol. The van der Waals surface area contributed by atoms with Crippen LogP contribution in [0.3, 0.4) is 0 Å². The number of nitro benzene ring substituents is 1. The monoisotopic (exact) mass is 376 g/mol. The van der Waals surface area contributed by atoms with Crippen molar-refractivity contribution in [3.05, 3.63) is 51.8 Å². The molecule has 140 valence electrons. The second-order valence-electron chi connectivity index (χ2n) is 6.65. The summed E-state index contributed by atoms with van der Waals surface area (Å²) in [6, 6.07) is 4.71. The molecular formula is C18H24N4O3S. The third kappa shape index (κ3) is 5.32. The van der Waals surface area contributed by atoms with Crippen LogP contribution in [0.1, 0.15) is 36.2 Å². The van der Waals surface area contributed by atoms with Crippen LogP contribution in [0.5, 0.6) is 0 Å². The molecule has 1 aromatic carbocycles. The van der Waals surface area contributed by atoms with E-state index in [-0.39, 0.29) is 11.6 Å². The van der Waals surface area contributed by atoms with Gasteiger partial charge in [-0.25, -0.2) is 0 Å². The smallest absolute Gasteiger partial charge is 0.283 e. The summed E-state index contributed by atoms with van der Waals surface area (Å²) in [6.07, 6.45) is 4.51. The van der Waals surface area contributed by atoms with Crippen LogP contribution in [0.4, 0.5) is 5.69 Å². The summed E-state index contributed by atoms with van der Waals surface area (Å²) in [6.45, 7) is 4.63. The van der Waals surface area contributed by atoms with Gasteiger partial charge in [0.1, 0.15) is 0 Å². The van der Waals surface area contributed by atoms with E-state index in [1.165, 1.54) is 22.7 Å². The molecule has 8 heteroatoms. The van der Waals surface area contributed by atoms with E-state index in [0.717, 1.165) is 17.7 Å². The summed E-state index contributed by atoms with van der Waals surface area (Å²) in [5.74, 6) is 1.10. The SMILES string of the molecule is CC(C)CCSc1ccc(C(=O)N(C)Cc2cnn(C)c2)cc1[N+](=O)[O-]. The molecule has 2 rings (SSSR count). The molecule has 2 aromatic rings. The minimum atomic E-state index is -0.421.